The predicted molar refractivity (Wildman–Crippen MR) is 137 cm³/mol. The third kappa shape index (κ3) is 5.30. The summed E-state index contributed by atoms with van der Waals surface area (Å²) in [6, 6.07) is 21.6. The first-order valence-electron chi connectivity index (χ1n) is 11.9. The van der Waals surface area contributed by atoms with Crippen LogP contribution < -0.4 is 15.0 Å². The number of nitrogens with zero attached hydrogens (tertiary/aromatic N) is 1. The zero-order valence-electron chi connectivity index (χ0n) is 20.3. The van der Waals surface area contributed by atoms with E-state index in [0.29, 0.717) is 23.9 Å². The summed E-state index contributed by atoms with van der Waals surface area (Å²) in [5.41, 5.74) is 5.05. The van der Waals surface area contributed by atoms with Crippen LogP contribution in [0.1, 0.15) is 49.8 Å². The SMILES string of the molecule is CCc1ccc(N2C[C@@H](C(=O)Nc3ccc(Oc4cc(C)ccc4C(C)C)cc3)CC2=O)cc1. The van der Waals surface area contributed by atoms with Gasteiger partial charge in [0.25, 0.3) is 0 Å². The Kier molecular flexibility index (Phi) is 7.01. The van der Waals surface area contributed by atoms with Crippen molar-refractivity contribution in [3.05, 3.63) is 83.4 Å². The number of benzene rings is 3. The minimum Gasteiger partial charge on any atom is -0.457 e. The van der Waals surface area contributed by atoms with Crippen molar-refractivity contribution in [3.8, 4) is 11.5 Å². The summed E-state index contributed by atoms with van der Waals surface area (Å²) >= 11 is 0. The minimum atomic E-state index is -0.379. The van der Waals surface area contributed by atoms with E-state index in [4.69, 9.17) is 4.74 Å². The highest BCUT2D eigenvalue weighted by Crippen LogP contribution is 2.32. The molecule has 1 heterocycles. The Morgan fingerprint density at radius 2 is 1.76 bits per heavy atom. The number of hydrogen-bond donors (Lipinski definition) is 1. The van der Waals surface area contributed by atoms with Gasteiger partial charge in [-0.05, 0) is 78.4 Å². The van der Waals surface area contributed by atoms with Gasteiger partial charge in [0.15, 0.2) is 0 Å². The van der Waals surface area contributed by atoms with Crippen molar-refractivity contribution >= 4 is 23.2 Å². The van der Waals surface area contributed by atoms with Gasteiger partial charge in [0.05, 0.1) is 5.92 Å². The van der Waals surface area contributed by atoms with Crippen molar-refractivity contribution in [2.45, 2.75) is 46.5 Å². The van der Waals surface area contributed by atoms with Crippen LogP contribution in [0.4, 0.5) is 11.4 Å². The number of hydrogen-bond acceptors (Lipinski definition) is 3. The lowest BCUT2D eigenvalue weighted by atomic mass is 10.0. The molecule has 1 fully saturated rings. The van der Waals surface area contributed by atoms with Crippen LogP contribution in [0.3, 0.4) is 0 Å². The Morgan fingerprint density at radius 3 is 2.41 bits per heavy atom. The molecule has 3 aromatic carbocycles. The molecule has 5 heteroatoms. The molecule has 0 aliphatic carbocycles. The van der Waals surface area contributed by atoms with Gasteiger partial charge in [-0.15, -0.1) is 0 Å². The maximum Gasteiger partial charge on any atom is 0.229 e. The summed E-state index contributed by atoms with van der Waals surface area (Å²) in [4.78, 5) is 27.1. The average Bonchev–Trinajstić information content (AvgIpc) is 3.22. The van der Waals surface area contributed by atoms with Crippen molar-refractivity contribution in [1.29, 1.82) is 0 Å². The number of rotatable bonds is 7. The highest BCUT2D eigenvalue weighted by Gasteiger charge is 2.35. The van der Waals surface area contributed by atoms with E-state index in [-0.39, 0.29) is 24.2 Å². The van der Waals surface area contributed by atoms with Gasteiger partial charge in [-0.25, -0.2) is 0 Å². The maximum atomic E-state index is 12.8. The van der Waals surface area contributed by atoms with Crippen LogP contribution in [-0.2, 0) is 16.0 Å². The van der Waals surface area contributed by atoms with Crippen molar-refractivity contribution < 1.29 is 14.3 Å². The second-order valence-electron chi connectivity index (χ2n) is 9.24. The lowest BCUT2D eigenvalue weighted by Crippen LogP contribution is -2.28. The smallest absolute Gasteiger partial charge is 0.229 e. The highest BCUT2D eigenvalue weighted by atomic mass is 16.5. The van der Waals surface area contributed by atoms with Crippen LogP contribution in [-0.4, -0.2) is 18.4 Å². The summed E-state index contributed by atoms with van der Waals surface area (Å²) in [5, 5.41) is 2.95. The molecule has 1 atom stereocenters. The molecule has 4 rings (SSSR count). The number of amides is 2. The number of carbonyl (C=O) groups excluding carboxylic acids is 2. The third-order valence-electron chi connectivity index (χ3n) is 6.29. The molecule has 0 spiro atoms. The van der Waals surface area contributed by atoms with E-state index in [2.05, 4.69) is 38.2 Å². The van der Waals surface area contributed by atoms with Crippen LogP contribution in [0.2, 0.25) is 0 Å². The molecule has 1 saturated heterocycles. The Hall–Kier alpha value is -3.60. The fraction of sp³-hybridized carbons (Fsp3) is 0.310. The van der Waals surface area contributed by atoms with E-state index in [1.54, 1.807) is 4.90 Å². The Balaban J connectivity index is 1.38. The molecule has 3 aromatic rings. The van der Waals surface area contributed by atoms with Gasteiger partial charge < -0.3 is 15.0 Å². The predicted octanol–water partition coefficient (Wildman–Crippen LogP) is 6.46. The minimum absolute atomic E-state index is 0.0211. The summed E-state index contributed by atoms with van der Waals surface area (Å²) in [5.74, 6) is 1.37. The van der Waals surface area contributed by atoms with Crippen molar-refractivity contribution in [3.63, 3.8) is 0 Å². The van der Waals surface area contributed by atoms with Gasteiger partial charge in [-0.2, -0.15) is 0 Å². The molecular formula is C29H32N2O3. The summed E-state index contributed by atoms with van der Waals surface area (Å²) in [6.07, 6.45) is 1.17. The zero-order chi connectivity index (χ0) is 24.2. The number of ether oxygens (including phenoxy) is 1. The molecule has 0 unspecified atom stereocenters. The molecule has 34 heavy (non-hydrogen) atoms. The van der Waals surface area contributed by atoms with Crippen molar-refractivity contribution in [2.24, 2.45) is 5.92 Å². The lowest BCUT2D eigenvalue weighted by Gasteiger charge is -2.17. The first-order chi connectivity index (χ1) is 16.3. The Bertz CT molecular complexity index is 1170. The van der Waals surface area contributed by atoms with Crippen molar-refractivity contribution in [2.75, 3.05) is 16.8 Å². The van der Waals surface area contributed by atoms with E-state index in [9.17, 15) is 9.59 Å². The van der Waals surface area contributed by atoms with Gasteiger partial charge in [-0.3, -0.25) is 9.59 Å². The highest BCUT2D eigenvalue weighted by molar-refractivity contribution is 6.03. The number of carbonyl (C=O) groups is 2. The second kappa shape index (κ2) is 10.1. The molecule has 0 radical (unpaired) electrons. The van der Waals surface area contributed by atoms with E-state index in [1.807, 2.05) is 61.5 Å². The quantitative estimate of drug-likeness (QED) is 0.444. The molecule has 0 aromatic heterocycles. The first kappa shape index (κ1) is 23.6. The third-order valence-corrected chi connectivity index (χ3v) is 6.29. The van der Waals surface area contributed by atoms with Gasteiger partial charge in [0.2, 0.25) is 11.8 Å². The Labute approximate surface area is 201 Å². The standard InChI is InChI=1S/C29H32N2O3/c1-5-21-7-11-24(12-8-21)31-18-22(17-28(31)32)29(33)30-23-9-13-25(14-10-23)34-27-16-20(4)6-15-26(27)19(2)3/h6-16,19,22H,5,17-18H2,1-4H3,(H,30,33)/t22-/m0/s1. The summed E-state index contributed by atoms with van der Waals surface area (Å²) in [7, 11) is 0. The lowest BCUT2D eigenvalue weighted by molar-refractivity contribution is -0.122. The molecule has 0 bridgehead atoms. The second-order valence-corrected chi connectivity index (χ2v) is 9.24. The molecule has 2 amide bonds. The fourth-order valence-electron chi connectivity index (χ4n) is 4.23. The molecule has 176 valence electrons. The fourth-order valence-corrected chi connectivity index (χ4v) is 4.23. The van der Waals surface area contributed by atoms with Gasteiger partial charge in [0, 0.05) is 24.3 Å². The van der Waals surface area contributed by atoms with E-state index >= 15 is 0 Å². The molecule has 0 saturated carbocycles. The van der Waals surface area contributed by atoms with Crippen LogP contribution in [0.15, 0.2) is 66.7 Å². The van der Waals surface area contributed by atoms with Gasteiger partial charge in [-0.1, -0.05) is 45.0 Å². The monoisotopic (exact) mass is 456 g/mol. The van der Waals surface area contributed by atoms with E-state index in [0.717, 1.165) is 29.0 Å². The van der Waals surface area contributed by atoms with Gasteiger partial charge in [0.1, 0.15) is 11.5 Å². The first-order valence-corrected chi connectivity index (χ1v) is 11.9. The zero-order valence-corrected chi connectivity index (χ0v) is 20.3. The molecule has 1 N–H and O–H groups in total. The van der Waals surface area contributed by atoms with E-state index < -0.39 is 0 Å². The van der Waals surface area contributed by atoms with Crippen LogP contribution in [0.5, 0.6) is 11.5 Å². The summed E-state index contributed by atoms with van der Waals surface area (Å²) in [6.45, 7) is 8.82. The normalized spacial score (nSPS) is 15.6. The Morgan fingerprint density at radius 1 is 1.06 bits per heavy atom. The van der Waals surface area contributed by atoms with Crippen LogP contribution in [0, 0.1) is 12.8 Å². The maximum absolute atomic E-state index is 12.8. The average molecular weight is 457 g/mol. The molecular weight excluding hydrogens is 424 g/mol. The number of anilines is 2. The number of aryl methyl sites for hydroxylation is 2. The van der Waals surface area contributed by atoms with Gasteiger partial charge >= 0.3 is 0 Å². The molecule has 1 aliphatic rings. The largest absolute Gasteiger partial charge is 0.457 e. The number of nitrogens with one attached hydrogen (secondary N) is 1. The van der Waals surface area contributed by atoms with E-state index in [1.165, 1.54) is 5.56 Å². The molecule has 5 nitrogen and oxygen atoms in total. The summed E-state index contributed by atoms with van der Waals surface area (Å²) < 4.78 is 6.14. The topological polar surface area (TPSA) is 58.6 Å². The van der Waals surface area contributed by atoms with Crippen LogP contribution >= 0.6 is 0 Å². The van der Waals surface area contributed by atoms with Crippen LogP contribution in [0.25, 0.3) is 0 Å². The molecule has 1 aliphatic heterocycles. The van der Waals surface area contributed by atoms with Crippen molar-refractivity contribution in [1.82, 2.24) is 0 Å².